The minimum Gasteiger partial charge on any atom is -0.376 e. The van der Waals surface area contributed by atoms with E-state index in [0.717, 1.165) is 32.5 Å². The Kier molecular flexibility index (Phi) is 5.37. The number of ether oxygens (including phenoxy) is 1. The Bertz CT molecular complexity index is 368. The molecule has 0 aromatic heterocycles. The van der Waals surface area contributed by atoms with Crippen molar-refractivity contribution >= 4 is 0 Å². The van der Waals surface area contributed by atoms with Crippen molar-refractivity contribution in [1.29, 1.82) is 0 Å². The molecule has 2 rings (SSSR count). The standard InChI is InChI=1S/C16H26N2O/c1-3-15-12-19-13(2)11-18(15)16(9-10-17)14-7-5-4-6-8-14/h4-8,13,15-16H,3,9-12,17H2,1-2H3. The molecule has 1 heterocycles. The van der Waals surface area contributed by atoms with Gasteiger partial charge in [-0.1, -0.05) is 37.3 Å². The van der Waals surface area contributed by atoms with Crippen LogP contribution < -0.4 is 5.73 Å². The van der Waals surface area contributed by atoms with E-state index in [4.69, 9.17) is 10.5 Å². The zero-order valence-electron chi connectivity index (χ0n) is 12.1. The van der Waals surface area contributed by atoms with Crippen LogP contribution in [0.5, 0.6) is 0 Å². The summed E-state index contributed by atoms with van der Waals surface area (Å²) in [5.74, 6) is 0. The second kappa shape index (κ2) is 7.04. The maximum absolute atomic E-state index is 5.84. The zero-order chi connectivity index (χ0) is 13.7. The quantitative estimate of drug-likeness (QED) is 0.886. The third-order valence-corrected chi connectivity index (χ3v) is 4.01. The Balaban J connectivity index is 2.21. The molecular formula is C16H26N2O. The molecule has 1 aromatic rings. The van der Waals surface area contributed by atoms with Crippen molar-refractivity contribution < 1.29 is 4.74 Å². The van der Waals surface area contributed by atoms with Crippen LogP contribution in [-0.4, -0.2) is 36.7 Å². The van der Waals surface area contributed by atoms with E-state index in [0.29, 0.717) is 18.2 Å². The molecular weight excluding hydrogens is 236 g/mol. The van der Waals surface area contributed by atoms with Gasteiger partial charge in [0.15, 0.2) is 0 Å². The third-order valence-electron chi connectivity index (χ3n) is 4.01. The van der Waals surface area contributed by atoms with Gasteiger partial charge in [-0.05, 0) is 31.9 Å². The van der Waals surface area contributed by atoms with Crippen LogP contribution in [0.4, 0.5) is 0 Å². The van der Waals surface area contributed by atoms with Crippen LogP contribution in [0, 0.1) is 0 Å². The van der Waals surface area contributed by atoms with Crippen LogP contribution in [0.3, 0.4) is 0 Å². The van der Waals surface area contributed by atoms with Gasteiger partial charge in [-0.15, -0.1) is 0 Å². The Hall–Kier alpha value is -0.900. The van der Waals surface area contributed by atoms with Gasteiger partial charge in [0.2, 0.25) is 0 Å². The lowest BCUT2D eigenvalue weighted by Crippen LogP contribution is -2.50. The second-order valence-electron chi connectivity index (χ2n) is 5.41. The van der Waals surface area contributed by atoms with Gasteiger partial charge in [-0.25, -0.2) is 0 Å². The van der Waals surface area contributed by atoms with Gasteiger partial charge in [-0.2, -0.15) is 0 Å². The van der Waals surface area contributed by atoms with Crippen molar-refractivity contribution in [3.63, 3.8) is 0 Å². The normalized spacial score (nSPS) is 26.3. The summed E-state index contributed by atoms with van der Waals surface area (Å²) in [5, 5.41) is 0. The summed E-state index contributed by atoms with van der Waals surface area (Å²) in [5.41, 5.74) is 7.21. The predicted octanol–water partition coefficient (Wildman–Crippen LogP) is 2.58. The molecule has 19 heavy (non-hydrogen) atoms. The van der Waals surface area contributed by atoms with Crippen LogP contribution in [0.25, 0.3) is 0 Å². The Morgan fingerprint density at radius 3 is 2.74 bits per heavy atom. The number of nitrogens with zero attached hydrogens (tertiary/aromatic N) is 1. The molecule has 2 N–H and O–H groups in total. The molecule has 0 saturated carbocycles. The van der Waals surface area contributed by atoms with Gasteiger partial charge >= 0.3 is 0 Å². The maximum atomic E-state index is 5.84. The molecule has 1 aliphatic rings. The van der Waals surface area contributed by atoms with Crippen LogP contribution >= 0.6 is 0 Å². The number of benzene rings is 1. The van der Waals surface area contributed by atoms with Gasteiger partial charge in [-0.3, -0.25) is 4.90 Å². The highest BCUT2D eigenvalue weighted by atomic mass is 16.5. The molecule has 3 unspecified atom stereocenters. The Labute approximate surface area is 116 Å². The average molecular weight is 262 g/mol. The molecule has 3 nitrogen and oxygen atoms in total. The first kappa shape index (κ1) is 14.5. The number of morpholine rings is 1. The lowest BCUT2D eigenvalue weighted by molar-refractivity contribution is -0.0741. The molecule has 1 aliphatic heterocycles. The summed E-state index contributed by atoms with van der Waals surface area (Å²) in [7, 11) is 0. The van der Waals surface area contributed by atoms with Gasteiger partial charge in [0.1, 0.15) is 0 Å². The average Bonchev–Trinajstić information content (AvgIpc) is 2.45. The predicted molar refractivity (Wildman–Crippen MR) is 79.1 cm³/mol. The van der Waals surface area contributed by atoms with E-state index in [1.807, 2.05) is 0 Å². The van der Waals surface area contributed by atoms with E-state index in [1.165, 1.54) is 5.56 Å². The molecule has 3 heteroatoms. The van der Waals surface area contributed by atoms with E-state index >= 15 is 0 Å². The van der Waals surface area contributed by atoms with E-state index in [1.54, 1.807) is 0 Å². The highest BCUT2D eigenvalue weighted by Gasteiger charge is 2.31. The minimum absolute atomic E-state index is 0.312. The van der Waals surface area contributed by atoms with E-state index in [-0.39, 0.29) is 0 Å². The Morgan fingerprint density at radius 1 is 1.37 bits per heavy atom. The van der Waals surface area contributed by atoms with E-state index < -0.39 is 0 Å². The highest BCUT2D eigenvalue weighted by Crippen LogP contribution is 2.29. The van der Waals surface area contributed by atoms with Crippen LogP contribution in [0.2, 0.25) is 0 Å². The summed E-state index contributed by atoms with van der Waals surface area (Å²) in [4.78, 5) is 2.59. The van der Waals surface area contributed by atoms with Crippen molar-refractivity contribution in [3.05, 3.63) is 35.9 Å². The number of hydrogen-bond donors (Lipinski definition) is 1. The lowest BCUT2D eigenvalue weighted by Gasteiger charge is -2.43. The van der Waals surface area contributed by atoms with Crippen LogP contribution in [-0.2, 0) is 4.74 Å². The minimum atomic E-state index is 0.312. The van der Waals surface area contributed by atoms with Crippen LogP contribution in [0.15, 0.2) is 30.3 Å². The van der Waals surface area contributed by atoms with Crippen molar-refractivity contribution in [3.8, 4) is 0 Å². The molecule has 0 amide bonds. The molecule has 1 fully saturated rings. The van der Waals surface area contributed by atoms with Gasteiger partial charge < -0.3 is 10.5 Å². The van der Waals surface area contributed by atoms with E-state index in [2.05, 4.69) is 49.1 Å². The SMILES string of the molecule is CCC1COC(C)CN1C(CCN)c1ccccc1. The monoisotopic (exact) mass is 262 g/mol. The van der Waals surface area contributed by atoms with Crippen molar-refractivity contribution in [2.45, 2.75) is 44.9 Å². The summed E-state index contributed by atoms with van der Waals surface area (Å²) < 4.78 is 5.80. The van der Waals surface area contributed by atoms with Crippen molar-refractivity contribution in [2.75, 3.05) is 19.7 Å². The van der Waals surface area contributed by atoms with Crippen LogP contribution in [0.1, 0.15) is 38.3 Å². The van der Waals surface area contributed by atoms with Gasteiger partial charge in [0.05, 0.1) is 12.7 Å². The number of hydrogen-bond acceptors (Lipinski definition) is 3. The molecule has 1 aromatic carbocycles. The first-order chi connectivity index (χ1) is 9.26. The second-order valence-corrected chi connectivity index (χ2v) is 5.41. The smallest absolute Gasteiger partial charge is 0.0675 e. The molecule has 0 radical (unpaired) electrons. The molecule has 0 spiro atoms. The Morgan fingerprint density at radius 2 is 2.11 bits per heavy atom. The topological polar surface area (TPSA) is 38.5 Å². The summed E-state index contributed by atoms with van der Waals surface area (Å²) in [6, 6.07) is 11.7. The molecule has 1 saturated heterocycles. The largest absolute Gasteiger partial charge is 0.376 e. The van der Waals surface area contributed by atoms with Crippen molar-refractivity contribution in [2.24, 2.45) is 5.73 Å². The molecule has 3 atom stereocenters. The van der Waals surface area contributed by atoms with Gasteiger partial charge in [0.25, 0.3) is 0 Å². The highest BCUT2D eigenvalue weighted by molar-refractivity contribution is 5.19. The molecule has 0 aliphatic carbocycles. The van der Waals surface area contributed by atoms with Gasteiger partial charge in [0, 0.05) is 18.6 Å². The fourth-order valence-electron chi connectivity index (χ4n) is 2.96. The summed E-state index contributed by atoms with van der Waals surface area (Å²) in [6.07, 6.45) is 2.44. The summed E-state index contributed by atoms with van der Waals surface area (Å²) >= 11 is 0. The summed E-state index contributed by atoms with van der Waals surface area (Å²) in [6.45, 7) is 6.95. The first-order valence-electron chi connectivity index (χ1n) is 7.38. The molecule has 106 valence electrons. The van der Waals surface area contributed by atoms with E-state index in [9.17, 15) is 0 Å². The zero-order valence-corrected chi connectivity index (χ0v) is 12.1. The number of rotatable bonds is 5. The fourth-order valence-corrected chi connectivity index (χ4v) is 2.96. The maximum Gasteiger partial charge on any atom is 0.0675 e. The molecule has 0 bridgehead atoms. The first-order valence-corrected chi connectivity index (χ1v) is 7.38. The fraction of sp³-hybridized carbons (Fsp3) is 0.625. The number of nitrogens with two attached hydrogens (primary N) is 1. The van der Waals surface area contributed by atoms with Crippen molar-refractivity contribution in [1.82, 2.24) is 4.90 Å². The lowest BCUT2D eigenvalue weighted by atomic mass is 9.98. The third kappa shape index (κ3) is 3.56.